The molecule has 4 rings (SSSR count). The first kappa shape index (κ1) is 16.9. The van der Waals surface area contributed by atoms with Gasteiger partial charge >= 0.3 is 0 Å². The standard InChI is InChI=1S/C19H17N5O3/c25-16(10-21-18(26)13-6-2-1-3-7-13)24-11-14(12-24)19-22-17(23-27-19)15-8-4-5-9-20-15/h1-9,14H,10-12H2,(H,21,26). The number of likely N-dealkylation sites (tertiary alicyclic amines) is 1. The van der Waals surface area contributed by atoms with E-state index in [9.17, 15) is 9.59 Å². The van der Waals surface area contributed by atoms with Crippen LogP contribution in [0.5, 0.6) is 0 Å². The molecule has 0 saturated carbocycles. The summed E-state index contributed by atoms with van der Waals surface area (Å²) in [5.74, 6) is 0.528. The number of nitrogens with zero attached hydrogens (tertiary/aromatic N) is 4. The number of carbonyl (C=O) groups excluding carboxylic acids is 2. The van der Waals surface area contributed by atoms with E-state index in [1.54, 1.807) is 41.4 Å². The Balaban J connectivity index is 1.27. The maximum Gasteiger partial charge on any atom is 0.251 e. The van der Waals surface area contributed by atoms with Gasteiger partial charge in [0.05, 0.1) is 12.5 Å². The third-order valence-corrected chi connectivity index (χ3v) is 4.36. The Morgan fingerprint density at radius 2 is 1.89 bits per heavy atom. The highest BCUT2D eigenvalue weighted by molar-refractivity contribution is 5.96. The Hall–Kier alpha value is -3.55. The molecular formula is C19H17N5O3. The van der Waals surface area contributed by atoms with E-state index in [1.165, 1.54) is 0 Å². The third kappa shape index (κ3) is 3.69. The van der Waals surface area contributed by atoms with Crippen molar-refractivity contribution in [3.05, 3.63) is 66.2 Å². The highest BCUT2D eigenvalue weighted by Crippen LogP contribution is 2.27. The van der Waals surface area contributed by atoms with Crippen LogP contribution in [0.25, 0.3) is 11.5 Å². The van der Waals surface area contributed by atoms with E-state index in [-0.39, 0.29) is 24.3 Å². The molecule has 1 N–H and O–H groups in total. The summed E-state index contributed by atoms with van der Waals surface area (Å²) in [6.07, 6.45) is 1.67. The smallest absolute Gasteiger partial charge is 0.251 e. The summed E-state index contributed by atoms with van der Waals surface area (Å²) < 4.78 is 5.30. The molecule has 27 heavy (non-hydrogen) atoms. The highest BCUT2D eigenvalue weighted by Gasteiger charge is 2.35. The molecule has 8 heteroatoms. The van der Waals surface area contributed by atoms with Gasteiger partial charge in [0.1, 0.15) is 5.69 Å². The molecule has 1 saturated heterocycles. The molecular weight excluding hydrogens is 346 g/mol. The highest BCUT2D eigenvalue weighted by atomic mass is 16.5. The van der Waals surface area contributed by atoms with Crippen LogP contribution in [0.3, 0.4) is 0 Å². The van der Waals surface area contributed by atoms with Crippen LogP contribution >= 0.6 is 0 Å². The van der Waals surface area contributed by atoms with Crippen LogP contribution in [0.4, 0.5) is 0 Å². The number of pyridine rings is 1. The predicted molar refractivity (Wildman–Crippen MR) is 95.6 cm³/mol. The number of hydrogen-bond acceptors (Lipinski definition) is 6. The lowest BCUT2D eigenvalue weighted by Crippen LogP contribution is -2.51. The average Bonchev–Trinajstić information content (AvgIpc) is 3.16. The zero-order valence-corrected chi connectivity index (χ0v) is 14.4. The fraction of sp³-hybridized carbons (Fsp3) is 0.211. The van der Waals surface area contributed by atoms with E-state index in [0.717, 1.165) is 0 Å². The minimum Gasteiger partial charge on any atom is -0.343 e. The van der Waals surface area contributed by atoms with Crippen molar-refractivity contribution >= 4 is 11.8 Å². The molecule has 3 aromatic rings. The number of carbonyl (C=O) groups is 2. The fourth-order valence-corrected chi connectivity index (χ4v) is 2.80. The summed E-state index contributed by atoms with van der Waals surface area (Å²) in [5, 5.41) is 6.58. The second-order valence-corrected chi connectivity index (χ2v) is 6.22. The molecule has 2 amide bonds. The average molecular weight is 363 g/mol. The molecule has 0 bridgehead atoms. The van der Waals surface area contributed by atoms with Crippen molar-refractivity contribution in [2.75, 3.05) is 19.6 Å². The van der Waals surface area contributed by atoms with Crippen LogP contribution in [-0.2, 0) is 4.79 Å². The molecule has 0 radical (unpaired) electrons. The fourth-order valence-electron chi connectivity index (χ4n) is 2.80. The van der Waals surface area contributed by atoms with Gasteiger partial charge in [0.15, 0.2) is 0 Å². The van der Waals surface area contributed by atoms with Crippen molar-refractivity contribution in [1.29, 1.82) is 0 Å². The molecule has 1 aromatic carbocycles. The zero-order valence-electron chi connectivity index (χ0n) is 14.4. The van der Waals surface area contributed by atoms with Crippen molar-refractivity contribution in [2.24, 2.45) is 0 Å². The number of nitrogens with one attached hydrogen (secondary N) is 1. The van der Waals surface area contributed by atoms with E-state index in [2.05, 4.69) is 20.4 Å². The first-order valence-corrected chi connectivity index (χ1v) is 8.57. The zero-order chi connectivity index (χ0) is 18.6. The number of amides is 2. The Morgan fingerprint density at radius 3 is 2.63 bits per heavy atom. The lowest BCUT2D eigenvalue weighted by Gasteiger charge is -2.37. The SMILES string of the molecule is O=C(NCC(=O)N1CC(c2nc(-c3ccccn3)no2)C1)c1ccccc1. The topological polar surface area (TPSA) is 101 Å². The van der Waals surface area contributed by atoms with Gasteiger partial charge in [-0.3, -0.25) is 14.6 Å². The van der Waals surface area contributed by atoms with E-state index < -0.39 is 0 Å². The maximum atomic E-state index is 12.2. The third-order valence-electron chi connectivity index (χ3n) is 4.36. The maximum absolute atomic E-state index is 12.2. The summed E-state index contributed by atoms with van der Waals surface area (Å²) in [5.41, 5.74) is 1.17. The van der Waals surface area contributed by atoms with E-state index in [1.807, 2.05) is 18.2 Å². The Labute approximate surface area is 155 Å². The minimum atomic E-state index is -0.266. The van der Waals surface area contributed by atoms with Gasteiger partial charge in [-0.25, -0.2) is 0 Å². The van der Waals surface area contributed by atoms with E-state index in [0.29, 0.717) is 36.1 Å². The van der Waals surface area contributed by atoms with Gasteiger partial charge in [0, 0.05) is 24.8 Å². The molecule has 0 atom stereocenters. The van der Waals surface area contributed by atoms with Gasteiger partial charge in [-0.05, 0) is 24.3 Å². The second kappa shape index (κ2) is 7.36. The van der Waals surface area contributed by atoms with Crippen molar-refractivity contribution in [2.45, 2.75) is 5.92 Å². The summed E-state index contributed by atoms with van der Waals surface area (Å²) in [7, 11) is 0. The van der Waals surface area contributed by atoms with E-state index >= 15 is 0 Å². The molecule has 0 aliphatic carbocycles. The normalized spacial score (nSPS) is 13.9. The molecule has 1 aliphatic rings. The van der Waals surface area contributed by atoms with Crippen molar-refractivity contribution in [3.8, 4) is 11.5 Å². The van der Waals surface area contributed by atoms with Crippen LogP contribution in [0.2, 0.25) is 0 Å². The lowest BCUT2D eigenvalue weighted by molar-refractivity contribution is -0.134. The molecule has 2 aromatic heterocycles. The van der Waals surface area contributed by atoms with Crippen LogP contribution in [0, 0.1) is 0 Å². The summed E-state index contributed by atoms with van der Waals surface area (Å²) in [6.45, 7) is 0.942. The lowest BCUT2D eigenvalue weighted by atomic mass is 10.00. The first-order valence-electron chi connectivity index (χ1n) is 8.57. The van der Waals surface area contributed by atoms with Crippen molar-refractivity contribution < 1.29 is 14.1 Å². The number of benzene rings is 1. The van der Waals surface area contributed by atoms with E-state index in [4.69, 9.17) is 4.52 Å². The quantitative estimate of drug-likeness (QED) is 0.737. The van der Waals surface area contributed by atoms with Gasteiger partial charge < -0.3 is 14.7 Å². The van der Waals surface area contributed by atoms with Crippen molar-refractivity contribution in [3.63, 3.8) is 0 Å². The van der Waals surface area contributed by atoms with Crippen LogP contribution < -0.4 is 5.32 Å². The Morgan fingerprint density at radius 1 is 1.11 bits per heavy atom. The number of hydrogen-bond donors (Lipinski definition) is 1. The number of aromatic nitrogens is 3. The number of rotatable bonds is 5. The Kier molecular flexibility index (Phi) is 4.61. The molecule has 1 aliphatic heterocycles. The summed E-state index contributed by atoms with van der Waals surface area (Å²) in [6, 6.07) is 14.3. The predicted octanol–water partition coefficient (Wildman–Crippen LogP) is 1.49. The van der Waals surface area contributed by atoms with Crippen LogP contribution in [0.15, 0.2) is 59.3 Å². The molecule has 0 spiro atoms. The van der Waals surface area contributed by atoms with Gasteiger partial charge in [-0.2, -0.15) is 4.98 Å². The largest absolute Gasteiger partial charge is 0.343 e. The molecule has 1 fully saturated rings. The molecule has 136 valence electrons. The molecule has 0 unspecified atom stereocenters. The minimum absolute atomic E-state index is 0.00346. The summed E-state index contributed by atoms with van der Waals surface area (Å²) in [4.78, 5) is 34.4. The van der Waals surface area contributed by atoms with Gasteiger partial charge in [-0.15, -0.1) is 0 Å². The van der Waals surface area contributed by atoms with Crippen LogP contribution in [0.1, 0.15) is 22.2 Å². The summed E-state index contributed by atoms with van der Waals surface area (Å²) >= 11 is 0. The van der Waals surface area contributed by atoms with Crippen molar-refractivity contribution in [1.82, 2.24) is 25.3 Å². The second-order valence-electron chi connectivity index (χ2n) is 6.22. The van der Waals surface area contributed by atoms with Gasteiger partial charge in [0.2, 0.25) is 17.6 Å². The van der Waals surface area contributed by atoms with Gasteiger partial charge in [-0.1, -0.05) is 29.4 Å². The first-order chi connectivity index (χ1) is 13.2. The van der Waals surface area contributed by atoms with Gasteiger partial charge in [0.25, 0.3) is 5.91 Å². The molecule has 8 nitrogen and oxygen atoms in total. The molecule has 3 heterocycles. The van der Waals surface area contributed by atoms with Crippen LogP contribution in [-0.4, -0.2) is 51.5 Å². The Bertz CT molecular complexity index is 936. The monoisotopic (exact) mass is 363 g/mol.